The van der Waals surface area contributed by atoms with Gasteiger partial charge in [-0.15, -0.1) is 0 Å². The van der Waals surface area contributed by atoms with Gasteiger partial charge >= 0.3 is 0 Å². The molecule has 0 aliphatic heterocycles. The maximum atomic E-state index is 11.9. The summed E-state index contributed by atoms with van der Waals surface area (Å²) in [7, 11) is 0. The number of aryl methyl sites for hydroxylation is 1. The van der Waals surface area contributed by atoms with Crippen molar-refractivity contribution in [3.63, 3.8) is 0 Å². The van der Waals surface area contributed by atoms with E-state index in [1.165, 1.54) is 5.56 Å². The first kappa shape index (κ1) is 14.1. The summed E-state index contributed by atoms with van der Waals surface area (Å²) in [5, 5.41) is 0. The van der Waals surface area contributed by atoms with Crippen LogP contribution in [0.5, 0.6) is 5.75 Å². The Morgan fingerprint density at radius 2 is 1.86 bits per heavy atom. The molecule has 0 saturated carbocycles. The molecule has 1 aliphatic rings. The highest BCUT2D eigenvalue weighted by Gasteiger charge is 2.20. The van der Waals surface area contributed by atoms with E-state index >= 15 is 0 Å². The third-order valence-electron chi connectivity index (χ3n) is 3.49. The standard InChI is InChI=1S/C18H15BrO2/c19-17-11-14-8-9-15(12-16(14)18(17)20)21-10-4-7-13-5-2-1-3-6-13/h1-3,5-6,8-9,11-12H,4,7,10H2. The maximum absolute atomic E-state index is 11.9. The quantitative estimate of drug-likeness (QED) is 0.740. The molecule has 0 aromatic heterocycles. The van der Waals surface area contributed by atoms with Crippen LogP contribution in [0.3, 0.4) is 0 Å². The van der Waals surface area contributed by atoms with E-state index < -0.39 is 0 Å². The van der Waals surface area contributed by atoms with Crippen molar-refractivity contribution in [3.05, 3.63) is 69.7 Å². The van der Waals surface area contributed by atoms with Crippen LogP contribution in [0.4, 0.5) is 0 Å². The van der Waals surface area contributed by atoms with Gasteiger partial charge in [0, 0.05) is 5.56 Å². The molecule has 0 N–H and O–H groups in total. The number of Topliss-reactive ketones (excluding diaryl/α,β-unsaturated/α-hetero) is 1. The van der Waals surface area contributed by atoms with E-state index in [2.05, 4.69) is 28.1 Å². The van der Waals surface area contributed by atoms with Crippen molar-refractivity contribution in [1.82, 2.24) is 0 Å². The number of allylic oxidation sites excluding steroid dienone is 1. The average molecular weight is 343 g/mol. The highest BCUT2D eigenvalue weighted by Crippen LogP contribution is 2.31. The Bertz CT molecular complexity index is 690. The lowest BCUT2D eigenvalue weighted by molar-refractivity contribution is 0.104. The van der Waals surface area contributed by atoms with Gasteiger partial charge in [-0.3, -0.25) is 4.79 Å². The minimum Gasteiger partial charge on any atom is -0.494 e. The van der Waals surface area contributed by atoms with Crippen molar-refractivity contribution in [2.45, 2.75) is 12.8 Å². The second-order valence-electron chi connectivity index (χ2n) is 5.01. The number of halogens is 1. The van der Waals surface area contributed by atoms with E-state index in [0.29, 0.717) is 16.7 Å². The molecule has 2 aromatic carbocycles. The zero-order valence-corrected chi connectivity index (χ0v) is 13.1. The number of hydrogen-bond acceptors (Lipinski definition) is 2. The fourth-order valence-electron chi connectivity index (χ4n) is 2.39. The highest BCUT2D eigenvalue weighted by atomic mass is 79.9. The van der Waals surface area contributed by atoms with Gasteiger partial charge in [0.1, 0.15) is 5.75 Å². The van der Waals surface area contributed by atoms with Crippen LogP contribution in [-0.2, 0) is 6.42 Å². The topological polar surface area (TPSA) is 26.3 Å². The van der Waals surface area contributed by atoms with Gasteiger partial charge in [0.15, 0.2) is 0 Å². The molecule has 0 fully saturated rings. The van der Waals surface area contributed by atoms with Crippen LogP contribution >= 0.6 is 15.9 Å². The molecular formula is C18H15BrO2. The first-order chi connectivity index (χ1) is 10.2. The van der Waals surface area contributed by atoms with Crippen LogP contribution in [-0.4, -0.2) is 12.4 Å². The van der Waals surface area contributed by atoms with Gasteiger partial charge in [0.05, 0.1) is 11.1 Å². The Morgan fingerprint density at radius 1 is 1.05 bits per heavy atom. The lowest BCUT2D eigenvalue weighted by atomic mass is 10.1. The zero-order chi connectivity index (χ0) is 14.7. The van der Waals surface area contributed by atoms with Crippen LogP contribution < -0.4 is 4.74 Å². The normalized spacial score (nSPS) is 13.0. The summed E-state index contributed by atoms with van der Waals surface area (Å²) in [5.41, 5.74) is 2.98. The van der Waals surface area contributed by atoms with Gasteiger partial charge in [-0.2, -0.15) is 0 Å². The Morgan fingerprint density at radius 3 is 2.67 bits per heavy atom. The summed E-state index contributed by atoms with van der Waals surface area (Å²) in [5.74, 6) is 0.783. The van der Waals surface area contributed by atoms with E-state index in [9.17, 15) is 4.79 Å². The molecule has 2 aromatic rings. The predicted molar refractivity (Wildman–Crippen MR) is 87.9 cm³/mol. The lowest BCUT2D eigenvalue weighted by Crippen LogP contribution is -2.01. The minimum absolute atomic E-state index is 0.0275. The molecule has 0 atom stereocenters. The van der Waals surface area contributed by atoms with Crippen LogP contribution in [0.25, 0.3) is 6.08 Å². The maximum Gasteiger partial charge on any atom is 0.200 e. The van der Waals surface area contributed by atoms with Gasteiger partial charge in [-0.05, 0) is 58.1 Å². The fraction of sp³-hybridized carbons (Fsp3) is 0.167. The number of carbonyl (C=O) groups excluding carboxylic acids is 1. The molecule has 0 unspecified atom stereocenters. The second-order valence-corrected chi connectivity index (χ2v) is 5.86. The molecule has 0 radical (unpaired) electrons. The molecule has 1 aliphatic carbocycles. The Balaban J connectivity index is 1.55. The van der Waals surface area contributed by atoms with E-state index in [4.69, 9.17) is 4.74 Å². The van der Waals surface area contributed by atoms with E-state index in [0.717, 1.165) is 24.2 Å². The Labute approximate surface area is 132 Å². The van der Waals surface area contributed by atoms with Crippen molar-refractivity contribution in [2.75, 3.05) is 6.61 Å². The molecule has 0 bridgehead atoms. The number of carbonyl (C=O) groups is 1. The van der Waals surface area contributed by atoms with Crippen molar-refractivity contribution in [2.24, 2.45) is 0 Å². The van der Waals surface area contributed by atoms with Gasteiger partial charge in [0.2, 0.25) is 5.78 Å². The van der Waals surface area contributed by atoms with Gasteiger partial charge in [0.25, 0.3) is 0 Å². The number of benzene rings is 2. The Kier molecular flexibility index (Phi) is 4.20. The average Bonchev–Trinajstić information content (AvgIpc) is 2.80. The second kappa shape index (κ2) is 6.27. The summed E-state index contributed by atoms with van der Waals surface area (Å²) in [6, 6.07) is 16.0. The molecule has 3 rings (SSSR count). The predicted octanol–water partition coefficient (Wildman–Crippen LogP) is 4.63. The van der Waals surface area contributed by atoms with E-state index in [1.54, 1.807) is 0 Å². The first-order valence-corrected chi connectivity index (χ1v) is 7.76. The van der Waals surface area contributed by atoms with Gasteiger partial charge in [-0.1, -0.05) is 36.4 Å². The summed E-state index contributed by atoms with van der Waals surface area (Å²) in [6.45, 7) is 0.649. The Hall–Kier alpha value is -1.87. The summed E-state index contributed by atoms with van der Waals surface area (Å²) >= 11 is 3.27. The van der Waals surface area contributed by atoms with Gasteiger partial charge < -0.3 is 4.74 Å². The smallest absolute Gasteiger partial charge is 0.200 e. The molecule has 2 nitrogen and oxygen atoms in total. The SMILES string of the molecule is O=C1C(Br)=Cc2ccc(OCCCc3ccccc3)cc21. The molecule has 0 amide bonds. The summed E-state index contributed by atoms with van der Waals surface area (Å²) in [4.78, 5) is 11.9. The molecule has 0 saturated heterocycles. The monoisotopic (exact) mass is 342 g/mol. The molecule has 3 heteroatoms. The number of ketones is 1. The third-order valence-corrected chi connectivity index (χ3v) is 4.08. The van der Waals surface area contributed by atoms with E-state index in [1.807, 2.05) is 42.5 Å². The van der Waals surface area contributed by atoms with Crippen LogP contribution in [0.15, 0.2) is 53.0 Å². The number of ether oxygens (including phenoxy) is 1. The fourth-order valence-corrected chi connectivity index (χ4v) is 2.85. The van der Waals surface area contributed by atoms with Crippen LogP contribution in [0.1, 0.15) is 27.9 Å². The van der Waals surface area contributed by atoms with Crippen molar-refractivity contribution >= 4 is 27.8 Å². The largest absolute Gasteiger partial charge is 0.494 e. The first-order valence-electron chi connectivity index (χ1n) is 6.97. The molecule has 0 heterocycles. The third kappa shape index (κ3) is 3.24. The van der Waals surface area contributed by atoms with Crippen molar-refractivity contribution < 1.29 is 9.53 Å². The van der Waals surface area contributed by atoms with Crippen molar-refractivity contribution in [1.29, 1.82) is 0 Å². The molecule has 0 spiro atoms. The summed E-state index contributed by atoms with van der Waals surface area (Å²) < 4.78 is 6.36. The highest BCUT2D eigenvalue weighted by molar-refractivity contribution is 9.12. The molecule has 106 valence electrons. The number of fused-ring (bicyclic) bond motifs is 1. The summed E-state index contributed by atoms with van der Waals surface area (Å²) in [6.07, 6.45) is 3.80. The number of hydrogen-bond donors (Lipinski definition) is 0. The van der Waals surface area contributed by atoms with Crippen molar-refractivity contribution in [3.8, 4) is 5.75 Å². The lowest BCUT2D eigenvalue weighted by Gasteiger charge is -2.07. The van der Waals surface area contributed by atoms with E-state index in [-0.39, 0.29) is 5.78 Å². The molecule has 21 heavy (non-hydrogen) atoms. The zero-order valence-electron chi connectivity index (χ0n) is 11.5. The number of rotatable bonds is 5. The van der Waals surface area contributed by atoms with Gasteiger partial charge in [-0.25, -0.2) is 0 Å². The minimum atomic E-state index is 0.0275. The van der Waals surface area contributed by atoms with Crippen LogP contribution in [0, 0.1) is 0 Å². The molecular weight excluding hydrogens is 328 g/mol. The van der Waals surface area contributed by atoms with Crippen LogP contribution in [0.2, 0.25) is 0 Å².